The lowest BCUT2D eigenvalue weighted by Gasteiger charge is -2.26. The molecule has 3 heteroatoms. The quantitative estimate of drug-likeness (QED) is 0.175. The SMILES string of the molecule is c1ccc(-c2ccc(-c3ccc(N(c4cccc5c4oc4c(-c6ccccc6)cccc45)c4cccc5sc6ccccc6c45)cc3)cc2)cc1. The van der Waals surface area contributed by atoms with Crippen LogP contribution in [0.1, 0.15) is 0 Å². The zero-order valence-corrected chi connectivity index (χ0v) is 28.5. The first kappa shape index (κ1) is 29.5. The molecular formula is C48H31NOS. The molecule has 10 rings (SSSR count). The second-order valence-corrected chi connectivity index (χ2v) is 14.0. The third kappa shape index (κ3) is 5.01. The fraction of sp³-hybridized carbons (Fsp3) is 0. The van der Waals surface area contributed by atoms with E-state index in [4.69, 9.17) is 4.42 Å². The van der Waals surface area contributed by atoms with Gasteiger partial charge >= 0.3 is 0 Å². The minimum atomic E-state index is 0.869. The fourth-order valence-electron chi connectivity index (χ4n) is 7.47. The van der Waals surface area contributed by atoms with Gasteiger partial charge in [-0.3, -0.25) is 0 Å². The first-order valence-electron chi connectivity index (χ1n) is 17.3. The van der Waals surface area contributed by atoms with Gasteiger partial charge in [0.25, 0.3) is 0 Å². The molecule has 0 radical (unpaired) electrons. The van der Waals surface area contributed by atoms with Gasteiger partial charge in [-0.2, -0.15) is 0 Å². The summed E-state index contributed by atoms with van der Waals surface area (Å²) in [7, 11) is 0. The van der Waals surface area contributed by atoms with E-state index in [2.05, 4.69) is 193 Å². The Morgan fingerprint density at radius 1 is 0.353 bits per heavy atom. The summed E-state index contributed by atoms with van der Waals surface area (Å²) in [6.45, 7) is 0. The summed E-state index contributed by atoms with van der Waals surface area (Å²) in [6.07, 6.45) is 0. The van der Waals surface area contributed by atoms with Gasteiger partial charge in [-0.15, -0.1) is 11.3 Å². The van der Waals surface area contributed by atoms with E-state index in [-0.39, 0.29) is 0 Å². The summed E-state index contributed by atoms with van der Waals surface area (Å²) in [5.74, 6) is 0. The first-order chi connectivity index (χ1) is 25.3. The molecule has 0 aliphatic heterocycles. The Morgan fingerprint density at radius 2 is 0.863 bits per heavy atom. The topological polar surface area (TPSA) is 16.4 Å². The second-order valence-electron chi connectivity index (χ2n) is 12.9. The minimum absolute atomic E-state index is 0.869. The highest BCUT2D eigenvalue weighted by Crippen LogP contribution is 2.48. The van der Waals surface area contributed by atoms with Gasteiger partial charge in [0.15, 0.2) is 5.58 Å². The Hall–Kier alpha value is -6.42. The molecule has 0 saturated carbocycles. The van der Waals surface area contributed by atoms with Crippen molar-refractivity contribution in [2.45, 2.75) is 0 Å². The standard InChI is InChI=1S/C48H31NOS/c1-3-12-32(13-4-1)33-24-26-34(27-25-33)35-28-30-37(31-29-35)49(42-20-11-23-45-46(42)41-16-7-8-22-44(41)51-45)43-21-10-19-40-39-18-9-17-38(47(39)50-48(40)43)36-14-5-2-6-15-36/h1-31H. The van der Waals surface area contributed by atoms with Crippen LogP contribution in [0.2, 0.25) is 0 Å². The molecule has 0 aliphatic carbocycles. The molecule has 0 N–H and O–H groups in total. The van der Waals surface area contributed by atoms with Gasteiger partial charge in [0.2, 0.25) is 0 Å². The zero-order chi connectivity index (χ0) is 33.7. The van der Waals surface area contributed by atoms with Crippen LogP contribution >= 0.6 is 11.3 Å². The number of hydrogen-bond acceptors (Lipinski definition) is 3. The fourth-order valence-corrected chi connectivity index (χ4v) is 8.59. The summed E-state index contributed by atoms with van der Waals surface area (Å²) in [5.41, 5.74) is 12.0. The van der Waals surface area contributed by atoms with Crippen molar-refractivity contribution in [2.24, 2.45) is 0 Å². The summed E-state index contributed by atoms with van der Waals surface area (Å²) in [5, 5.41) is 4.72. The van der Waals surface area contributed by atoms with Gasteiger partial charge < -0.3 is 9.32 Å². The van der Waals surface area contributed by atoms with Gasteiger partial charge in [-0.05, 0) is 64.2 Å². The van der Waals surface area contributed by atoms with Crippen molar-refractivity contribution in [2.75, 3.05) is 4.90 Å². The van der Waals surface area contributed by atoms with Crippen molar-refractivity contribution in [3.8, 4) is 33.4 Å². The number of fused-ring (bicyclic) bond motifs is 6. The molecule has 2 nitrogen and oxygen atoms in total. The highest BCUT2D eigenvalue weighted by Gasteiger charge is 2.23. The maximum Gasteiger partial charge on any atom is 0.159 e. The summed E-state index contributed by atoms with van der Waals surface area (Å²) in [4.78, 5) is 2.39. The molecule has 51 heavy (non-hydrogen) atoms. The average molecular weight is 670 g/mol. The molecule has 0 spiro atoms. The van der Waals surface area contributed by atoms with Crippen molar-refractivity contribution < 1.29 is 4.42 Å². The van der Waals surface area contributed by atoms with Crippen LogP contribution in [-0.2, 0) is 0 Å². The minimum Gasteiger partial charge on any atom is -0.453 e. The van der Waals surface area contributed by atoms with Gasteiger partial charge in [0.05, 0.1) is 11.4 Å². The Balaban J connectivity index is 1.16. The van der Waals surface area contributed by atoms with Crippen LogP contribution < -0.4 is 4.90 Å². The number of benzene rings is 8. The second kappa shape index (κ2) is 12.2. The van der Waals surface area contributed by atoms with Crippen molar-refractivity contribution in [3.05, 3.63) is 188 Å². The maximum absolute atomic E-state index is 6.98. The van der Waals surface area contributed by atoms with Crippen LogP contribution in [0.15, 0.2) is 192 Å². The Bertz CT molecular complexity index is 2830. The molecular weight excluding hydrogens is 639 g/mol. The van der Waals surface area contributed by atoms with E-state index in [1.54, 1.807) is 0 Å². The third-order valence-electron chi connectivity index (χ3n) is 9.90. The molecule has 10 aromatic rings. The van der Waals surface area contributed by atoms with Crippen LogP contribution in [0.3, 0.4) is 0 Å². The van der Waals surface area contributed by atoms with Gasteiger partial charge in [-0.1, -0.05) is 152 Å². The Labute approximate surface area is 300 Å². The van der Waals surface area contributed by atoms with Crippen LogP contribution in [0.4, 0.5) is 17.1 Å². The number of rotatable bonds is 6. The zero-order valence-electron chi connectivity index (χ0n) is 27.7. The molecule has 0 aliphatic rings. The summed E-state index contributed by atoms with van der Waals surface area (Å²) in [6, 6.07) is 67.2. The predicted molar refractivity (Wildman–Crippen MR) is 218 cm³/mol. The number of thiophene rings is 1. The molecule has 240 valence electrons. The van der Waals surface area contributed by atoms with E-state index in [9.17, 15) is 0 Å². The van der Waals surface area contributed by atoms with E-state index in [1.807, 2.05) is 11.3 Å². The maximum atomic E-state index is 6.98. The van der Waals surface area contributed by atoms with Crippen LogP contribution in [0, 0.1) is 0 Å². The predicted octanol–water partition coefficient (Wildman–Crippen LogP) is 14.4. The van der Waals surface area contributed by atoms with Crippen molar-refractivity contribution in [1.82, 2.24) is 0 Å². The molecule has 0 saturated heterocycles. The number of furan rings is 1. The van der Waals surface area contributed by atoms with Crippen molar-refractivity contribution >= 4 is 70.5 Å². The highest BCUT2D eigenvalue weighted by molar-refractivity contribution is 7.26. The molecule has 0 fully saturated rings. The summed E-state index contributed by atoms with van der Waals surface area (Å²) >= 11 is 1.84. The lowest BCUT2D eigenvalue weighted by Crippen LogP contribution is -2.10. The molecule has 0 atom stereocenters. The van der Waals surface area contributed by atoms with Crippen LogP contribution in [-0.4, -0.2) is 0 Å². The Morgan fingerprint density at radius 3 is 1.59 bits per heavy atom. The molecule has 2 aromatic heterocycles. The average Bonchev–Trinajstić information content (AvgIpc) is 3.79. The van der Waals surface area contributed by atoms with E-state index < -0.39 is 0 Å². The van der Waals surface area contributed by atoms with E-state index in [0.29, 0.717) is 0 Å². The van der Waals surface area contributed by atoms with Gasteiger partial charge in [0, 0.05) is 42.2 Å². The van der Waals surface area contributed by atoms with Gasteiger partial charge in [-0.25, -0.2) is 0 Å². The number of anilines is 3. The van der Waals surface area contributed by atoms with Gasteiger partial charge in [0.1, 0.15) is 5.58 Å². The highest BCUT2D eigenvalue weighted by atomic mass is 32.1. The molecule has 0 bridgehead atoms. The molecule has 8 aromatic carbocycles. The van der Waals surface area contributed by atoms with E-state index in [1.165, 1.54) is 42.4 Å². The van der Waals surface area contributed by atoms with Crippen LogP contribution in [0.25, 0.3) is 75.5 Å². The first-order valence-corrected chi connectivity index (χ1v) is 18.1. The van der Waals surface area contributed by atoms with E-state index in [0.717, 1.165) is 50.1 Å². The van der Waals surface area contributed by atoms with Crippen LogP contribution in [0.5, 0.6) is 0 Å². The molecule has 2 heterocycles. The molecule has 0 amide bonds. The van der Waals surface area contributed by atoms with E-state index >= 15 is 0 Å². The third-order valence-corrected chi connectivity index (χ3v) is 11.0. The number of para-hydroxylation sites is 2. The number of hydrogen-bond donors (Lipinski definition) is 0. The Kier molecular flexibility index (Phi) is 7.04. The normalized spacial score (nSPS) is 11.5. The lowest BCUT2D eigenvalue weighted by molar-refractivity contribution is 0.670. The lowest BCUT2D eigenvalue weighted by atomic mass is 10.00. The van der Waals surface area contributed by atoms with Crippen molar-refractivity contribution in [3.63, 3.8) is 0 Å². The molecule has 0 unspecified atom stereocenters. The monoisotopic (exact) mass is 669 g/mol. The number of nitrogens with zero attached hydrogens (tertiary/aromatic N) is 1. The van der Waals surface area contributed by atoms with Crippen molar-refractivity contribution in [1.29, 1.82) is 0 Å². The summed E-state index contributed by atoms with van der Waals surface area (Å²) < 4.78 is 9.52. The largest absolute Gasteiger partial charge is 0.453 e. The smallest absolute Gasteiger partial charge is 0.159 e.